The summed E-state index contributed by atoms with van der Waals surface area (Å²) in [5.41, 5.74) is 2.71. The van der Waals surface area contributed by atoms with E-state index in [1.54, 1.807) is 12.1 Å². The minimum absolute atomic E-state index is 0.167. The van der Waals surface area contributed by atoms with E-state index in [4.69, 9.17) is 5.11 Å². The molecule has 2 N–H and O–H groups in total. The summed E-state index contributed by atoms with van der Waals surface area (Å²) in [6.07, 6.45) is 3.58. The zero-order valence-electron chi connectivity index (χ0n) is 15.7. The summed E-state index contributed by atoms with van der Waals surface area (Å²) in [4.78, 5) is 37.1. The second-order valence-electron chi connectivity index (χ2n) is 7.01. The number of carboxylic acids is 1. The van der Waals surface area contributed by atoms with Gasteiger partial charge in [0.05, 0.1) is 12.0 Å². The van der Waals surface area contributed by atoms with Gasteiger partial charge in [-0.05, 0) is 54.7 Å². The Labute approximate surface area is 164 Å². The third-order valence-electron chi connectivity index (χ3n) is 4.89. The summed E-state index contributed by atoms with van der Waals surface area (Å²) >= 11 is 0. The molecule has 1 saturated heterocycles. The summed E-state index contributed by atoms with van der Waals surface area (Å²) in [5.74, 6) is -0.943. The molecule has 1 aliphatic heterocycles. The van der Waals surface area contributed by atoms with Gasteiger partial charge in [0.25, 0.3) is 0 Å². The molecule has 28 heavy (non-hydrogen) atoms. The fourth-order valence-corrected chi connectivity index (χ4v) is 3.29. The van der Waals surface area contributed by atoms with Crippen molar-refractivity contribution in [3.8, 4) is 0 Å². The number of anilines is 1. The number of benzene rings is 2. The first kappa shape index (κ1) is 19.6. The van der Waals surface area contributed by atoms with Gasteiger partial charge in [0.2, 0.25) is 11.8 Å². The highest BCUT2D eigenvalue weighted by Gasteiger charge is 2.17. The number of likely N-dealkylation sites (tertiary alicyclic amines) is 1. The number of carboxylic acid groups (broad SMARTS) is 1. The van der Waals surface area contributed by atoms with Crippen LogP contribution in [-0.2, 0) is 22.4 Å². The van der Waals surface area contributed by atoms with Crippen LogP contribution in [0.15, 0.2) is 48.5 Å². The Kier molecular flexibility index (Phi) is 6.42. The third kappa shape index (κ3) is 5.42. The first-order valence-corrected chi connectivity index (χ1v) is 9.50. The van der Waals surface area contributed by atoms with Gasteiger partial charge in [-0.2, -0.15) is 0 Å². The first-order valence-electron chi connectivity index (χ1n) is 9.50. The minimum atomic E-state index is -0.988. The molecule has 146 valence electrons. The van der Waals surface area contributed by atoms with E-state index in [9.17, 15) is 14.4 Å². The topological polar surface area (TPSA) is 86.7 Å². The summed E-state index contributed by atoms with van der Waals surface area (Å²) < 4.78 is 0. The highest BCUT2D eigenvalue weighted by Crippen LogP contribution is 2.14. The fraction of sp³-hybridized carbons (Fsp3) is 0.318. The standard InChI is InChI=1S/C22H24N2O4/c25-20(15-17-3-8-18(9-4-17)22(27)28)23-19-10-5-16(6-11-19)7-12-21(26)24-13-1-2-14-24/h3-6,8-11H,1-2,7,12-15H2,(H,23,25)(H,27,28). The Morgan fingerprint density at radius 3 is 2.11 bits per heavy atom. The largest absolute Gasteiger partial charge is 0.478 e. The highest BCUT2D eigenvalue weighted by molar-refractivity contribution is 5.92. The van der Waals surface area contributed by atoms with Gasteiger partial charge in [-0.15, -0.1) is 0 Å². The van der Waals surface area contributed by atoms with E-state index in [1.807, 2.05) is 29.2 Å². The molecule has 1 heterocycles. The van der Waals surface area contributed by atoms with E-state index in [0.29, 0.717) is 18.5 Å². The second kappa shape index (κ2) is 9.17. The number of amides is 2. The molecule has 0 aromatic heterocycles. The molecule has 6 heteroatoms. The predicted molar refractivity (Wildman–Crippen MR) is 106 cm³/mol. The molecule has 0 spiro atoms. The van der Waals surface area contributed by atoms with E-state index in [-0.39, 0.29) is 23.8 Å². The number of hydrogen-bond donors (Lipinski definition) is 2. The number of carbonyl (C=O) groups is 3. The molecule has 0 aliphatic carbocycles. The molecule has 0 radical (unpaired) electrons. The average Bonchev–Trinajstić information content (AvgIpc) is 3.22. The third-order valence-corrected chi connectivity index (χ3v) is 4.89. The number of hydrogen-bond acceptors (Lipinski definition) is 3. The molecule has 0 unspecified atom stereocenters. The lowest BCUT2D eigenvalue weighted by molar-refractivity contribution is -0.130. The molecule has 0 atom stereocenters. The minimum Gasteiger partial charge on any atom is -0.478 e. The Bertz CT molecular complexity index is 838. The van der Waals surface area contributed by atoms with Crippen LogP contribution in [0.25, 0.3) is 0 Å². The molecule has 2 aromatic rings. The van der Waals surface area contributed by atoms with Crippen LogP contribution in [0.4, 0.5) is 5.69 Å². The van der Waals surface area contributed by atoms with Crippen LogP contribution in [0, 0.1) is 0 Å². The Morgan fingerprint density at radius 1 is 0.893 bits per heavy atom. The lowest BCUT2D eigenvalue weighted by Gasteiger charge is -2.15. The molecule has 2 aromatic carbocycles. The van der Waals surface area contributed by atoms with Crippen LogP contribution in [0.1, 0.15) is 40.7 Å². The highest BCUT2D eigenvalue weighted by atomic mass is 16.4. The van der Waals surface area contributed by atoms with E-state index in [1.165, 1.54) is 12.1 Å². The zero-order chi connectivity index (χ0) is 19.9. The molecule has 6 nitrogen and oxygen atoms in total. The first-order chi connectivity index (χ1) is 13.5. The van der Waals surface area contributed by atoms with E-state index >= 15 is 0 Å². The van der Waals surface area contributed by atoms with Crippen LogP contribution in [0.2, 0.25) is 0 Å². The molecule has 2 amide bonds. The van der Waals surface area contributed by atoms with Crippen molar-refractivity contribution < 1.29 is 19.5 Å². The summed E-state index contributed by atoms with van der Waals surface area (Å²) in [5, 5.41) is 11.7. The Balaban J connectivity index is 1.47. The van der Waals surface area contributed by atoms with Crippen LogP contribution < -0.4 is 5.32 Å². The smallest absolute Gasteiger partial charge is 0.335 e. The molecular formula is C22H24N2O4. The van der Waals surface area contributed by atoms with E-state index in [0.717, 1.165) is 37.1 Å². The van der Waals surface area contributed by atoms with Gasteiger partial charge in [-0.25, -0.2) is 4.79 Å². The molecule has 1 aliphatic rings. The van der Waals surface area contributed by atoms with Crippen LogP contribution in [-0.4, -0.2) is 40.9 Å². The number of carbonyl (C=O) groups excluding carboxylic acids is 2. The van der Waals surface area contributed by atoms with Crippen LogP contribution in [0.5, 0.6) is 0 Å². The quantitative estimate of drug-likeness (QED) is 0.773. The average molecular weight is 380 g/mol. The Hall–Kier alpha value is -3.15. The number of nitrogens with zero attached hydrogens (tertiary/aromatic N) is 1. The molecule has 1 fully saturated rings. The maximum atomic E-state index is 12.2. The van der Waals surface area contributed by atoms with Crippen molar-refractivity contribution in [1.82, 2.24) is 4.90 Å². The van der Waals surface area contributed by atoms with Crippen LogP contribution >= 0.6 is 0 Å². The van der Waals surface area contributed by atoms with E-state index in [2.05, 4.69) is 5.32 Å². The molecule has 0 saturated carbocycles. The van der Waals surface area contributed by atoms with Crippen molar-refractivity contribution in [2.45, 2.75) is 32.1 Å². The van der Waals surface area contributed by atoms with Crippen molar-refractivity contribution in [1.29, 1.82) is 0 Å². The van der Waals surface area contributed by atoms with Gasteiger partial charge in [-0.1, -0.05) is 24.3 Å². The second-order valence-corrected chi connectivity index (χ2v) is 7.01. The summed E-state index contributed by atoms with van der Waals surface area (Å²) in [6.45, 7) is 1.76. The Morgan fingerprint density at radius 2 is 1.50 bits per heavy atom. The number of aromatic carboxylic acids is 1. The maximum absolute atomic E-state index is 12.2. The van der Waals surface area contributed by atoms with E-state index < -0.39 is 5.97 Å². The van der Waals surface area contributed by atoms with Crippen LogP contribution in [0.3, 0.4) is 0 Å². The molecule has 3 rings (SSSR count). The van der Waals surface area contributed by atoms with Gasteiger partial charge >= 0.3 is 5.97 Å². The fourth-order valence-electron chi connectivity index (χ4n) is 3.29. The maximum Gasteiger partial charge on any atom is 0.335 e. The van der Waals surface area contributed by atoms with Gasteiger partial charge < -0.3 is 15.3 Å². The zero-order valence-corrected chi connectivity index (χ0v) is 15.7. The van der Waals surface area contributed by atoms with Crippen molar-refractivity contribution in [2.75, 3.05) is 18.4 Å². The van der Waals surface area contributed by atoms with Crippen molar-refractivity contribution in [3.05, 3.63) is 65.2 Å². The monoisotopic (exact) mass is 380 g/mol. The van der Waals surface area contributed by atoms with Gasteiger partial charge in [0.15, 0.2) is 0 Å². The normalized spacial score (nSPS) is 13.4. The number of aryl methyl sites for hydroxylation is 1. The van der Waals surface area contributed by atoms with Gasteiger partial charge in [0.1, 0.15) is 0 Å². The lowest BCUT2D eigenvalue weighted by Crippen LogP contribution is -2.27. The SMILES string of the molecule is O=C(Cc1ccc(C(=O)O)cc1)Nc1ccc(CCC(=O)N2CCCC2)cc1. The number of rotatable bonds is 7. The van der Waals surface area contributed by atoms with Gasteiger partial charge in [0, 0.05) is 25.2 Å². The van der Waals surface area contributed by atoms with Crippen molar-refractivity contribution >= 4 is 23.5 Å². The predicted octanol–water partition coefficient (Wildman–Crippen LogP) is 3.12. The molecular weight excluding hydrogens is 356 g/mol. The van der Waals surface area contributed by atoms with Crippen molar-refractivity contribution in [3.63, 3.8) is 0 Å². The van der Waals surface area contributed by atoms with Crippen molar-refractivity contribution in [2.24, 2.45) is 0 Å². The molecule has 0 bridgehead atoms. The number of nitrogens with one attached hydrogen (secondary N) is 1. The summed E-state index contributed by atoms with van der Waals surface area (Å²) in [6, 6.07) is 13.8. The van der Waals surface area contributed by atoms with Gasteiger partial charge in [-0.3, -0.25) is 9.59 Å². The lowest BCUT2D eigenvalue weighted by atomic mass is 10.1. The summed E-state index contributed by atoms with van der Waals surface area (Å²) in [7, 11) is 0.